The smallest absolute Gasteiger partial charge is 0.306 e. The van der Waals surface area contributed by atoms with Gasteiger partial charge in [0.1, 0.15) is 5.60 Å². The molecule has 3 atom stereocenters. The van der Waals surface area contributed by atoms with Crippen LogP contribution in [0.5, 0.6) is 0 Å². The molecule has 2 heteroatoms. The highest BCUT2D eigenvalue weighted by Gasteiger charge is 2.39. The number of hydrogen-bond acceptors (Lipinski definition) is 2. The largest absolute Gasteiger partial charge is 0.459 e. The summed E-state index contributed by atoms with van der Waals surface area (Å²) in [7, 11) is 0. The zero-order valence-corrected chi connectivity index (χ0v) is 12.9. The highest BCUT2D eigenvalue weighted by Crippen LogP contribution is 2.45. The van der Waals surface area contributed by atoms with E-state index < -0.39 is 0 Å². The summed E-state index contributed by atoms with van der Waals surface area (Å²) in [6.07, 6.45) is 14.1. The lowest BCUT2D eigenvalue weighted by molar-refractivity contribution is -0.164. The topological polar surface area (TPSA) is 26.3 Å². The van der Waals surface area contributed by atoms with Crippen LogP contribution in [0, 0.1) is 23.7 Å². The van der Waals surface area contributed by atoms with Gasteiger partial charge in [0.25, 0.3) is 0 Å². The van der Waals surface area contributed by atoms with Gasteiger partial charge in [-0.3, -0.25) is 4.79 Å². The third-order valence-electron chi connectivity index (χ3n) is 5.81. The molecule has 2 bridgehead atoms. The third-order valence-corrected chi connectivity index (χ3v) is 5.81. The number of ether oxygens (including phenoxy) is 1. The number of esters is 1. The summed E-state index contributed by atoms with van der Waals surface area (Å²) >= 11 is 0. The van der Waals surface area contributed by atoms with Gasteiger partial charge in [-0.2, -0.15) is 0 Å². The molecule has 0 spiro atoms. The standard InChI is InChI=1S/C18H28O2/c1-18(2,16-6-4-3-5-7-16)20-17(19)12-15-11-13-8-9-14(15)10-13/h8-9,13-16H,3-7,10-12H2,1-2H3. The fraction of sp³-hybridized carbons (Fsp3) is 0.833. The van der Waals surface area contributed by atoms with Gasteiger partial charge < -0.3 is 4.74 Å². The predicted octanol–water partition coefficient (Wildman–Crippen LogP) is 4.49. The molecule has 0 N–H and O–H groups in total. The second-order valence-electron chi connectivity index (χ2n) is 7.66. The molecule has 3 rings (SSSR count). The van der Waals surface area contributed by atoms with Crippen LogP contribution in [0.2, 0.25) is 0 Å². The first-order valence-electron chi connectivity index (χ1n) is 8.45. The van der Waals surface area contributed by atoms with E-state index in [0.29, 0.717) is 24.2 Å². The van der Waals surface area contributed by atoms with Crippen LogP contribution < -0.4 is 0 Å². The van der Waals surface area contributed by atoms with Gasteiger partial charge in [-0.15, -0.1) is 0 Å². The predicted molar refractivity (Wildman–Crippen MR) is 80.2 cm³/mol. The summed E-state index contributed by atoms with van der Waals surface area (Å²) in [6, 6.07) is 0. The zero-order chi connectivity index (χ0) is 14.2. The Balaban J connectivity index is 1.51. The minimum Gasteiger partial charge on any atom is -0.459 e. The van der Waals surface area contributed by atoms with Crippen LogP contribution in [0.1, 0.15) is 65.2 Å². The molecule has 112 valence electrons. The van der Waals surface area contributed by atoms with Crippen molar-refractivity contribution in [3.63, 3.8) is 0 Å². The highest BCUT2D eigenvalue weighted by molar-refractivity contribution is 5.70. The Morgan fingerprint density at radius 1 is 1.15 bits per heavy atom. The van der Waals surface area contributed by atoms with E-state index in [1.807, 2.05) is 0 Å². The van der Waals surface area contributed by atoms with Gasteiger partial charge in [0.05, 0.1) is 0 Å². The van der Waals surface area contributed by atoms with Crippen LogP contribution in [0.3, 0.4) is 0 Å². The van der Waals surface area contributed by atoms with Gasteiger partial charge in [-0.05, 0) is 63.2 Å². The summed E-state index contributed by atoms with van der Waals surface area (Å²) in [6.45, 7) is 4.23. The Hall–Kier alpha value is -0.790. The van der Waals surface area contributed by atoms with Crippen molar-refractivity contribution < 1.29 is 9.53 Å². The Labute approximate surface area is 123 Å². The maximum absolute atomic E-state index is 12.3. The molecule has 0 radical (unpaired) electrons. The first kappa shape index (κ1) is 14.2. The molecule has 20 heavy (non-hydrogen) atoms. The maximum atomic E-state index is 12.3. The molecule has 0 heterocycles. The molecule has 0 aliphatic heterocycles. The molecule has 0 aromatic carbocycles. The number of carbonyl (C=O) groups excluding carboxylic acids is 1. The van der Waals surface area contributed by atoms with Gasteiger partial charge >= 0.3 is 5.97 Å². The molecule has 3 unspecified atom stereocenters. The lowest BCUT2D eigenvalue weighted by atomic mass is 9.78. The quantitative estimate of drug-likeness (QED) is 0.558. The second-order valence-corrected chi connectivity index (χ2v) is 7.66. The molecule has 2 fully saturated rings. The van der Waals surface area contributed by atoms with Gasteiger partial charge in [-0.25, -0.2) is 0 Å². The summed E-state index contributed by atoms with van der Waals surface area (Å²) in [4.78, 5) is 12.3. The maximum Gasteiger partial charge on any atom is 0.306 e. The molecular weight excluding hydrogens is 248 g/mol. The van der Waals surface area contributed by atoms with Gasteiger partial charge in [0, 0.05) is 6.42 Å². The number of hydrogen-bond donors (Lipinski definition) is 0. The Morgan fingerprint density at radius 2 is 1.90 bits per heavy atom. The van der Waals surface area contributed by atoms with Crippen molar-refractivity contribution in [1.82, 2.24) is 0 Å². The van der Waals surface area contributed by atoms with Crippen LogP contribution in [-0.4, -0.2) is 11.6 Å². The van der Waals surface area contributed by atoms with Crippen molar-refractivity contribution in [2.45, 2.75) is 70.8 Å². The minimum atomic E-state index is -0.273. The monoisotopic (exact) mass is 276 g/mol. The van der Waals surface area contributed by atoms with Crippen LogP contribution in [-0.2, 0) is 9.53 Å². The molecule has 2 saturated carbocycles. The van der Waals surface area contributed by atoms with Crippen LogP contribution in [0.15, 0.2) is 12.2 Å². The van der Waals surface area contributed by atoms with Crippen molar-refractivity contribution in [2.24, 2.45) is 23.7 Å². The van der Waals surface area contributed by atoms with Crippen molar-refractivity contribution in [1.29, 1.82) is 0 Å². The SMILES string of the molecule is CC(C)(OC(=O)CC1CC2C=CC1C2)C1CCCCC1. The van der Waals surface area contributed by atoms with Crippen molar-refractivity contribution in [2.75, 3.05) is 0 Å². The number of carbonyl (C=O) groups is 1. The summed E-state index contributed by atoms with van der Waals surface area (Å²) in [5.41, 5.74) is -0.273. The van der Waals surface area contributed by atoms with Crippen molar-refractivity contribution in [3.8, 4) is 0 Å². The summed E-state index contributed by atoms with van der Waals surface area (Å²) in [5, 5.41) is 0. The Kier molecular flexibility index (Phi) is 3.92. The van der Waals surface area contributed by atoms with E-state index in [1.165, 1.54) is 44.9 Å². The number of rotatable bonds is 4. The fourth-order valence-electron chi connectivity index (χ4n) is 4.56. The van der Waals surface area contributed by atoms with Crippen LogP contribution >= 0.6 is 0 Å². The average Bonchev–Trinajstić information content (AvgIpc) is 3.01. The third kappa shape index (κ3) is 2.94. The van der Waals surface area contributed by atoms with E-state index in [2.05, 4.69) is 26.0 Å². The van der Waals surface area contributed by atoms with E-state index in [4.69, 9.17) is 4.74 Å². The molecule has 3 aliphatic carbocycles. The summed E-state index contributed by atoms with van der Waals surface area (Å²) < 4.78 is 5.88. The molecule has 0 aromatic rings. The minimum absolute atomic E-state index is 0.0338. The normalized spacial score (nSPS) is 33.6. The highest BCUT2D eigenvalue weighted by atomic mass is 16.6. The summed E-state index contributed by atoms with van der Waals surface area (Å²) in [5.74, 6) is 2.51. The van der Waals surface area contributed by atoms with E-state index >= 15 is 0 Å². The average molecular weight is 276 g/mol. The van der Waals surface area contributed by atoms with Gasteiger partial charge in [0.15, 0.2) is 0 Å². The van der Waals surface area contributed by atoms with E-state index in [9.17, 15) is 4.79 Å². The fourth-order valence-corrected chi connectivity index (χ4v) is 4.56. The second kappa shape index (κ2) is 5.54. The van der Waals surface area contributed by atoms with Crippen LogP contribution in [0.4, 0.5) is 0 Å². The lowest BCUT2D eigenvalue weighted by Gasteiger charge is -2.36. The molecule has 0 amide bonds. The molecular formula is C18H28O2. The molecule has 0 saturated heterocycles. The Morgan fingerprint density at radius 3 is 2.50 bits per heavy atom. The number of allylic oxidation sites excluding steroid dienone is 2. The first-order chi connectivity index (χ1) is 9.54. The van der Waals surface area contributed by atoms with Crippen LogP contribution in [0.25, 0.3) is 0 Å². The van der Waals surface area contributed by atoms with E-state index in [1.54, 1.807) is 0 Å². The van der Waals surface area contributed by atoms with Gasteiger partial charge in [-0.1, -0.05) is 31.4 Å². The van der Waals surface area contributed by atoms with E-state index in [0.717, 1.165) is 5.92 Å². The molecule has 3 aliphatic rings. The van der Waals surface area contributed by atoms with Crippen molar-refractivity contribution >= 4 is 5.97 Å². The first-order valence-corrected chi connectivity index (χ1v) is 8.45. The van der Waals surface area contributed by atoms with Gasteiger partial charge in [0.2, 0.25) is 0 Å². The zero-order valence-electron chi connectivity index (χ0n) is 12.9. The van der Waals surface area contributed by atoms with E-state index in [-0.39, 0.29) is 11.6 Å². The molecule has 2 nitrogen and oxygen atoms in total. The molecule has 0 aromatic heterocycles. The Bertz CT molecular complexity index is 390. The number of fused-ring (bicyclic) bond motifs is 2. The lowest BCUT2D eigenvalue weighted by Crippen LogP contribution is -2.38. The van der Waals surface area contributed by atoms with Crippen molar-refractivity contribution in [3.05, 3.63) is 12.2 Å².